The van der Waals surface area contributed by atoms with Crippen LogP contribution in [0.1, 0.15) is 69.4 Å². The molecule has 0 aliphatic rings. The quantitative estimate of drug-likeness (QED) is 0.349. The van der Waals surface area contributed by atoms with Gasteiger partial charge in [0, 0.05) is 4.90 Å². The van der Waals surface area contributed by atoms with Crippen LogP contribution >= 0.6 is 11.8 Å². The van der Waals surface area contributed by atoms with E-state index in [-0.39, 0.29) is 0 Å². The van der Waals surface area contributed by atoms with Crippen molar-refractivity contribution in [2.75, 3.05) is 5.75 Å². The smallest absolute Gasteiger partial charge is 0.101 e. The molecule has 0 atom stereocenters. The first-order valence-corrected chi connectivity index (χ1v) is 10.3. The van der Waals surface area contributed by atoms with Gasteiger partial charge in [0.15, 0.2) is 0 Å². The lowest BCUT2D eigenvalue weighted by atomic mass is 10.0. The molecule has 0 amide bonds. The molecule has 2 nitrogen and oxygen atoms in total. The molecular formula is C22H26N2S. The van der Waals surface area contributed by atoms with E-state index in [1.165, 1.54) is 56.3 Å². The van der Waals surface area contributed by atoms with Crippen LogP contribution in [0.3, 0.4) is 0 Å². The summed E-state index contributed by atoms with van der Waals surface area (Å²) in [6.07, 6.45) is 10.7. The molecule has 0 spiro atoms. The summed E-state index contributed by atoms with van der Waals surface area (Å²) in [5, 5.41) is 20.5. The van der Waals surface area contributed by atoms with E-state index in [0.29, 0.717) is 11.1 Å². The summed E-state index contributed by atoms with van der Waals surface area (Å²) in [6.45, 7) is 2.26. The van der Waals surface area contributed by atoms with Crippen LogP contribution in [0.2, 0.25) is 0 Å². The zero-order chi connectivity index (χ0) is 17.9. The van der Waals surface area contributed by atoms with Crippen LogP contribution in [0.4, 0.5) is 0 Å². The maximum absolute atomic E-state index is 9.24. The van der Waals surface area contributed by atoms with Gasteiger partial charge >= 0.3 is 0 Å². The summed E-state index contributed by atoms with van der Waals surface area (Å²) in [5.74, 6) is 1.11. The molecule has 2 aromatic carbocycles. The van der Waals surface area contributed by atoms with E-state index in [4.69, 9.17) is 5.26 Å². The van der Waals surface area contributed by atoms with Gasteiger partial charge < -0.3 is 0 Å². The summed E-state index contributed by atoms with van der Waals surface area (Å²) < 4.78 is 0. The number of benzene rings is 2. The van der Waals surface area contributed by atoms with Gasteiger partial charge in [-0.2, -0.15) is 10.5 Å². The van der Waals surface area contributed by atoms with E-state index in [1.54, 1.807) is 0 Å². The minimum atomic E-state index is 0.459. The van der Waals surface area contributed by atoms with E-state index in [2.05, 4.69) is 25.1 Å². The second-order valence-electron chi connectivity index (χ2n) is 6.42. The highest BCUT2D eigenvalue weighted by molar-refractivity contribution is 7.99. The van der Waals surface area contributed by atoms with E-state index in [0.717, 1.165) is 16.5 Å². The first-order valence-electron chi connectivity index (χ1n) is 9.30. The van der Waals surface area contributed by atoms with Crippen molar-refractivity contribution in [1.29, 1.82) is 10.5 Å². The van der Waals surface area contributed by atoms with Crippen LogP contribution in [0.25, 0.3) is 10.8 Å². The van der Waals surface area contributed by atoms with Gasteiger partial charge in [-0.15, -0.1) is 11.8 Å². The third kappa shape index (κ3) is 5.80. The molecule has 0 bridgehead atoms. The minimum Gasteiger partial charge on any atom is -0.192 e. The van der Waals surface area contributed by atoms with Crippen molar-refractivity contribution in [3.63, 3.8) is 0 Å². The Bertz CT molecular complexity index is 768. The molecule has 0 fully saturated rings. The van der Waals surface area contributed by atoms with Crippen molar-refractivity contribution in [2.24, 2.45) is 0 Å². The summed E-state index contributed by atoms with van der Waals surface area (Å²) in [7, 11) is 0. The Labute approximate surface area is 155 Å². The SMILES string of the molecule is CCCCCCCCCCSc1cccc2cc(C#N)c(C#N)cc12. The average Bonchev–Trinajstić information content (AvgIpc) is 2.65. The van der Waals surface area contributed by atoms with Gasteiger partial charge in [-0.05, 0) is 41.1 Å². The number of hydrogen-bond acceptors (Lipinski definition) is 3. The molecule has 0 heterocycles. The van der Waals surface area contributed by atoms with Crippen LogP contribution in [-0.4, -0.2) is 5.75 Å². The van der Waals surface area contributed by atoms with Crippen molar-refractivity contribution >= 4 is 22.5 Å². The summed E-state index contributed by atoms with van der Waals surface area (Å²) in [5.41, 5.74) is 0.926. The predicted molar refractivity (Wildman–Crippen MR) is 107 cm³/mol. The van der Waals surface area contributed by atoms with Crippen LogP contribution in [0, 0.1) is 22.7 Å². The zero-order valence-corrected chi connectivity index (χ0v) is 15.9. The minimum absolute atomic E-state index is 0.459. The van der Waals surface area contributed by atoms with Gasteiger partial charge in [0.05, 0.1) is 11.1 Å². The number of nitrogens with zero attached hydrogens (tertiary/aromatic N) is 2. The Hall–Kier alpha value is -1.97. The van der Waals surface area contributed by atoms with Gasteiger partial charge in [-0.25, -0.2) is 0 Å². The van der Waals surface area contributed by atoms with Gasteiger partial charge in [-0.1, -0.05) is 64.0 Å². The lowest BCUT2D eigenvalue weighted by Crippen LogP contribution is -1.88. The molecular weight excluding hydrogens is 324 g/mol. The van der Waals surface area contributed by atoms with Crippen molar-refractivity contribution in [3.05, 3.63) is 41.5 Å². The summed E-state index contributed by atoms with van der Waals surface area (Å²) in [4.78, 5) is 1.21. The Morgan fingerprint density at radius 2 is 1.48 bits per heavy atom. The number of unbranched alkanes of at least 4 members (excludes halogenated alkanes) is 7. The third-order valence-electron chi connectivity index (χ3n) is 4.47. The van der Waals surface area contributed by atoms with Gasteiger partial charge in [0.25, 0.3) is 0 Å². The Morgan fingerprint density at radius 3 is 2.16 bits per heavy atom. The van der Waals surface area contributed by atoms with Crippen LogP contribution in [0.15, 0.2) is 35.2 Å². The lowest BCUT2D eigenvalue weighted by Gasteiger charge is -2.08. The largest absolute Gasteiger partial charge is 0.192 e. The van der Waals surface area contributed by atoms with E-state index >= 15 is 0 Å². The monoisotopic (exact) mass is 350 g/mol. The maximum atomic E-state index is 9.24. The van der Waals surface area contributed by atoms with Crippen LogP contribution in [0.5, 0.6) is 0 Å². The molecule has 0 radical (unpaired) electrons. The molecule has 130 valence electrons. The van der Waals surface area contributed by atoms with Gasteiger partial charge in [0.2, 0.25) is 0 Å². The van der Waals surface area contributed by atoms with Gasteiger partial charge in [-0.3, -0.25) is 0 Å². The van der Waals surface area contributed by atoms with Crippen LogP contribution < -0.4 is 0 Å². The number of thioether (sulfide) groups is 1. The standard InChI is InChI=1S/C22H26N2S/c1-2-3-4-5-6-7-8-9-13-25-22-12-10-11-18-14-19(16-23)20(17-24)15-21(18)22/h10-12,14-15H,2-9,13H2,1H3. The summed E-state index contributed by atoms with van der Waals surface area (Å²) >= 11 is 1.86. The van der Waals surface area contributed by atoms with Crippen molar-refractivity contribution in [2.45, 2.75) is 63.2 Å². The molecule has 0 aliphatic carbocycles. The Balaban J connectivity index is 1.87. The lowest BCUT2D eigenvalue weighted by molar-refractivity contribution is 0.586. The van der Waals surface area contributed by atoms with Crippen LogP contribution in [-0.2, 0) is 0 Å². The fourth-order valence-corrected chi connectivity index (χ4v) is 4.10. The first-order chi connectivity index (χ1) is 12.3. The molecule has 2 rings (SSSR count). The molecule has 2 aromatic rings. The third-order valence-corrected chi connectivity index (χ3v) is 5.63. The topological polar surface area (TPSA) is 47.6 Å². The van der Waals surface area contributed by atoms with E-state index < -0.39 is 0 Å². The number of fused-ring (bicyclic) bond motifs is 1. The Kier molecular flexibility index (Phi) is 8.36. The second-order valence-corrected chi connectivity index (χ2v) is 7.56. The highest BCUT2D eigenvalue weighted by Crippen LogP contribution is 2.30. The van der Waals surface area contributed by atoms with Crippen molar-refractivity contribution < 1.29 is 0 Å². The second kappa shape index (κ2) is 10.8. The fourth-order valence-electron chi connectivity index (χ4n) is 3.03. The van der Waals surface area contributed by atoms with Crippen molar-refractivity contribution in [1.82, 2.24) is 0 Å². The zero-order valence-electron chi connectivity index (χ0n) is 15.1. The number of hydrogen-bond donors (Lipinski definition) is 0. The highest BCUT2D eigenvalue weighted by atomic mass is 32.2. The first kappa shape index (κ1) is 19.4. The average molecular weight is 351 g/mol. The summed E-state index contributed by atoms with van der Waals surface area (Å²) in [6, 6.07) is 14.1. The molecule has 0 aromatic heterocycles. The highest BCUT2D eigenvalue weighted by Gasteiger charge is 2.07. The van der Waals surface area contributed by atoms with Crippen molar-refractivity contribution in [3.8, 4) is 12.1 Å². The normalized spacial score (nSPS) is 10.5. The molecule has 0 N–H and O–H groups in total. The molecule has 0 saturated carbocycles. The van der Waals surface area contributed by atoms with E-state index in [9.17, 15) is 5.26 Å². The van der Waals surface area contributed by atoms with Gasteiger partial charge in [0.1, 0.15) is 12.1 Å². The molecule has 3 heteroatoms. The number of nitriles is 2. The molecule has 0 saturated heterocycles. The Morgan fingerprint density at radius 1 is 0.840 bits per heavy atom. The maximum Gasteiger partial charge on any atom is 0.101 e. The fraction of sp³-hybridized carbons (Fsp3) is 0.455. The molecule has 25 heavy (non-hydrogen) atoms. The number of rotatable bonds is 10. The van der Waals surface area contributed by atoms with E-state index in [1.807, 2.05) is 36.0 Å². The molecule has 0 unspecified atom stereocenters. The predicted octanol–water partition coefficient (Wildman–Crippen LogP) is 6.82. The molecule has 0 aliphatic heterocycles.